The van der Waals surface area contributed by atoms with Crippen LogP contribution in [0.2, 0.25) is 10.0 Å². The lowest BCUT2D eigenvalue weighted by molar-refractivity contribution is -0.116. The highest BCUT2D eigenvalue weighted by atomic mass is 35.5. The van der Waals surface area contributed by atoms with Gasteiger partial charge in [-0.1, -0.05) is 60.5 Å². The summed E-state index contributed by atoms with van der Waals surface area (Å²) in [5, 5.41) is 8.45. The summed E-state index contributed by atoms with van der Waals surface area (Å²) in [4.78, 5) is 40.0. The molecule has 0 aliphatic rings. The zero-order chi connectivity index (χ0) is 30.1. The standard InChI is InChI=1S/C32H26Cl2FN3O3S/c1-2-29(32(41)36-22-16-14-21(35)15-17-22)42-24-11-6-10-23(18-24)37-31(40)28(19-25-26(33)12-7-13-27(25)34)38-30(39)20-8-4-3-5-9-20/h3-19,29H,2H2,1H3,(H,36,41)(H,37,40)(H,38,39)/b28-19+. The largest absolute Gasteiger partial charge is 0.325 e. The van der Waals surface area contributed by atoms with E-state index in [1.807, 2.05) is 13.0 Å². The van der Waals surface area contributed by atoms with Crippen molar-refractivity contribution in [3.8, 4) is 0 Å². The van der Waals surface area contributed by atoms with Crippen LogP contribution in [0.1, 0.15) is 29.3 Å². The second-order valence-corrected chi connectivity index (χ2v) is 11.1. The molecular formula is C32H26Cl2FN3O3S. The highest BCUT2D eigenvalue weighted by Crippen LogP contribution is 2.30. The quantitative estimate of drug-likeness (QED) is 0.123. The summed E-state index contributed by atoms with van der Waals surface area (Å²) in [7, 11) is 0. The molecule has 4 rings (SSSR count). The van der Waals surface area contributed by atoms with Gasteiger partial charge in [-0.05, 0) is 79.2 Å². The molecule has 4 aromatic carbocycles. The molecule has 0 bridgehead atoms. The Balaban J connectivity index is 1.53. The van der Waals surface area contributed by atoms with Gasteiger partial charge < -0.3 is 16.0 Å². The SMILES string of the molecule is CCC(Sc1cccc(NC(=O)/C(=C\c2c(Cl)cccc2Cl)NC(=O)c2ccccc2)c1)C(=O)Nc1ccc(F)cc1. The fraction of sp³-hybridized carbons (Fsp3) is 0.0938. The predicted octanol–water partition coefficient (Wildman–Crippen LogP) is 8.05. The predicted molar refractivity (Wildman–Crippen MR) is 168 cm³/mol. The number of anilines is 2. The van der Waals surface area contributed by atoms with Crippen LogP contribution >= 0.6 is 35.0 Å². The van der Waals surface area contributed by atoms with Gasteiger partial charge in [-0.2, -0.15) is 0 Å². The Morgan fingerprint density at radius 3 is 2.17 bits per heavy atom. The Bertz CT molecular complexity index is 1600. The zero-order valence-electron chi connectivity index (χ0n) is 22.4. The lowest BCUT2D eigenvalue weighted by Gasteiger charge is -2.16. The van der Waals surface area contributed by atoms with E-state index < -0.39 is 17.1 Å². The van der Waals surface area contributed by atoms with Gasteiger partial charge in [0.1, 0.15) is 11.5 Å². The minimum atomic E-state index is -0.599. The van der Waals surface area contributed by atoms with E-state index in [1.165, 1.54) is 42.1 Å². The van der Waals surface area contributed by atoms with Crippen molar-refractivity contribution in [2.75, 3.05) is 10.6 Å². The Labute approximate surface area is 257 Å². The van der Waals surface area contributed by atoms with E-state index in [0.717, 1.165) is 4.90 Å². The van der Waals surface area contributed by atoms with Gasteiger partial charge in [0.2, 0.25) is 5.91 Å². The number of carbonyl (C=O) groups excluding carboxylic acids is 3. The average Bonchev–Trinajstić information content (AvgIpc) is 2.99. The second kappa shape index (κ2) is 14.7. The van der Waals surface area contributed by atoms with Gasteiger partial charge in [0.15, 0.2) is 0 Å². The van der Waals surface area contributed by atoms with Crippen molar-refractivity contribution < 1.29 is 18.8 Å². The number of rotatable bonds is 10. The lowest BCUT2D eigenvalue weighted by atomic mass is 10.1. The maximum absolute atomic E-state index is 13.5. The highest BCUT2D eigenvalue weighted by Gasteiger charge is 2.20. The van der Waals surface area contributed by atoms with Gasteiger partial charge in [-0.25, -0.2) is 4.39 Å². The summed E-state index contributed by atoms with van der Waals surface area (Å²) in [6.45, 7) is 1.89. The molecule has 214 valence electrons. The first-order valence-corrected chi connectivity index (χ1v) is 14.5. The second-order valence-electron chi connectivity index (χ2n) is 9.01. The molecule has 0 saturated carbocycles. The van der Waals surface area contributed by atoms with Crippen LogP contribution in [-0.4, -0.2) is 23.0 Å². The smallest absolute Gasteiger partial charge is 0.272 e. The summed E-state index contributed by atoms with van der Waals surface area (Å²) in [5.41, 5.74) is 1.62. The van der Waals surface area contributed by atoms with Gasteiger partial charge in [-0.3, -0.25) is 14.4 Å². The van der Waals surface area contributed by atoms with Crippen LogP contribution in [-0.2, 0) is 9.59 Å². The minimum absolute atomic E-state index is 0.0676. The van der Waals surface area contributed by atoms with Crippen LogP contribution in [0.4, 0.5) is 15.8 Å². The molecule has 3 amide bonds. The molecule has 42 heavy (non-hydrogen) atoms. The average molecular weight is 623 g/mol. The first-order chi connectivity index (χ1) is 20.2. The third-order valence-electron chi connectivity index (χ3n) is 5.96. The number of carbonyl (C=O) groups is 3. The van der Waals surface area contributed by atoms with Crippen LogP contribution in [0.3, 0.4) is 0 Å². The van der Waals surface area contributed by atoms with E-state index in [0.29, 0.717) is 39.0 Å². The van der Waals surface area contributed by atoms with Crippen molar-refractivity contribution in [3.63, 3.8) is 0 Å². The fourth-order valence-corrected chi connectivity index (χ4v) is 5.34. The number of halogens is 3. The normalized spacial score (nSPS) is 11.9. The van der Waals surface area contributed by atoms with E-state index >= 15 is 0 Å². The molecule has 0 heterocycles. The van der Waals surface area contributed by atoms with Crippen molar-refractivity contribution in [3.05, 3.63) is 130 Å². The molecule has 0 radical (unpaired) electrons. The number of hydrogen-bond donors (Lipinski definition) is 3. The van der Waals surface area contributed by atoms with Crippen molar-refractivity contribution >= 4 is 70.1 Å². The zero-order valence-corrected chi connectivity index (χ0v) is 24.7. The van der Waals surface area contributed by atoms with E-state index in [9.17, 15) is 18.8 Å². The van der Waals surface area contributed by atoms with E-state index in [1.54, 1.807) is 66.7 Å². The fourth-order valence-electron chi connectivity index (χ4n) is 3.82. The molecule has 0 aliphatic carbocycles. The molecule has 0 spiro atoms. The van der Waals surface area contributed by atoms with Crippen molar-refractivity contribution in [2.45, 2.75) is 23.5 Å². The van der Waals surface area contributed by atoms with E-state index in [-0.39, 0.29) is 17.4 Å². The third kappa shape index (κ3) is 8.45. The number of thioether (sulfide) groups is 1. The summed E-state index contributed by atoms with van der Waals surface area (Å²) < 4.78 is 13.2. The van der Waals surface area contributed by atoms with Gasteiger partial charge in [0.05, 0.1) is 5.25 Å². The molecule has 0 aliphatic heterocycles. The molecule has 10 heteroatoms. The Hall–Kier alpha value is -4.11. The topological polar surface area (TPSA) is 87.3 Å². The number of hydrogen-bond acceptors (Lipinski definition) is 4. The Kier molecular flexibility index (Phi) is 10.8. The van der Waals surface area contributed by atoms with Crippen LogP contribution < -0.4 is 16.0 Å². The third-order valence-corrected chi connectivity index (χ3v) is 7.98. The monoisotopic (exact) mass is 621 g/mol. The number of benzene rings is 4. The molecule has 0 fully saturated rings. The highest BCUT2D eigenvalue weighted by molar-refractivity contribution is 8.00. The molecule has 0 aromatic heterocycles. The Morgan fingerprint density at radius 1 is 0.833 bits per heavy atom. The Morgan fingerprint density at radius 2 is 1.50 bits per heavy atom. The number of nitrogens with one attached hydrogen (secondary N) is 3. The molecule has 6 nitrogen and oxygen atoms in total. The first-order valence-electron chi connectivity index (χ1n) is 12.9. The maximum Gasteiger partial charge on any atom is 0.272 e. The van der Waals surface area contributed by atoms with Gasteiger partial charge >= 0.3 is 0 Å². The van der Waals surface area contributed by atoms with Crippen LogP contribution in [0, 0.1) is 5.82 Å². The van der Waals surface area contributed by atoms with Crippen LogP contribution in [0.15, 0.2) is 108 Å². The molecule has 1 atom stereocenters. The molecule has 0 saturated heterocycles. The van der Waals surface area contributed by atoms with Crippen molar-refractivity contribution in [2.24, 2.45) is 0 Å². The summed E-state index contributed by atoms with van der Waals surface area (Å²) in [5.74, 6) is -1.70. The number of amides is 3. The van der Waals surface area contributed by atoms with Crippen molar-refractivity contribution in [1.29, 1.82) is 0 Å². The molecule has 1 unspecified atom stereocenters. The van der Waals surface area contributed by atoms with E-state index in [2.05, 4.69) is 16.0 Å². The minimum Gasteiger partial charge on any atom is -0.325 e. The van der Waals surface area contributed by atoms with E-state index in [4.69, 9.17) is 23.2 Å². The van der Waals surface area contributed by atoms with Crippen LogP contribution in [0.5, 0.6) is 0 Å². The van der Waals surface area contributed by atoms with Gasteiger partial charge in [0.25, 0.3) is 11.8 Å². The molecule has 3 N–H and O–H groups in total. The van der Waals surface area contributed by atoms with Crippen LogP contribution in [0.25, 0.3) is 6.08 Å². The maximum atomic E-state index is 13.5. The summed E-state index contributed by atoms with van der Waals surface area (Å²) in [6, 6.07) is 26.0. The van der Waals surface area contributed by atoms with Gasteiger partial charge in [0, 0.05) is 37.4 Å². The molecular weight excluding hydrogens is 596 g/mol. The van der Waals surface area contributed by atoms with Crippen molar-refractivity contribution in [1.82, 2.24) is 5.32 Å². The lowest BCUT2D eigenvalue weighted by Crippen LogP contribution is -2.30. The molecule has 4 aromatic rings. The van der Waals surface area contributed by atoms with Gasteiger partial charge in [-0.15, -0.1) is 11.8 Å². The first kappa shape index (κ1) is 30.8. The summed E-state index contributed by atoms with van der Waals surface area (Å²) in [6.07, 6.45) is 1.96. The summed E-state index contributed by atoms with van der Waals surface area (Å²) >= 11 is 14.0.